The maximum Gasteiger partial charge on any atom is 0.186 e. The van der Waals surface area contributed by atoms with Crippen molar-refractivity contribution in [2.75, 3.05) is 18.0 Å². The number of hydrogen-bond acceptors (Lipinski definition) is 4. The third-order valence-electron chi connectivity index (χ3n) is 4.51. The second kappa shape index (κ2) is 6.47. The molecule has 21 heavy (non-hydrogen) atoms. The molecule has 0 N–H and O–H groups in total. The molecule has 1 aliphatic rings. The Hall–Kier alpha value is -0.900. The van der Waals surface area contributed by atoms with Crippen LogP contribution in [0.2, 0.25) is 0 Å². The van der Waals surface area contributed by atoms with Crippen LogP contribution in [0, 0.1) is 11.3 Å². The van der Waals surface area contributed by atoms with Crippen molar-refractivity contribution < 1.29 is 4.79 Å². The maximum absolute atomic E-state index is 12.3. The summed E-state index contributed by atoms with van der Waals surface area (Å²) in [6.07, 6.45) is 3.97. The Morgan fingerprint density at radius 1 is 1.24 bits per heavy atom. The molecule has 0 amide bonds. The highest BCUT2D eigenvalue weighted by molar-refractivity contribution is 7.17. The summed E-state index contributed by atoms with van der Waals surface area (Å²) in [6.45, 7) is 13.0. The fraction of sp³-hybridized carbons (Fsp3) is 0.765. The van der Waals surface area contributed by atoms with E-state index in [1.807, 2.05) is 0 Å². The molecule has 0 aromatic carbocycles. The Kier molecular flexibility index (Phi) is 5.07. The van der Waals surface area contributed by atoms with Gasteiger partial charge in [0.2, 0.25) is 0 Å². The van der Waals surface area contributed by atoms with E-state index in [2.05, 4.69) is 39.5 Å². The molecule has 0 spiro atoms. The highest BCUT2D eigenvalue weighted by atomic mass is 32.1. The van der Waals surface area contributed by atoms with Crippen LogP contribution in [0.1, 0.15) is 69.2 Å². The first-order chi connectivity index (χ1) is 9.90. The molecule has 0 saturated carbocycles. The van der Waals surface area contributed by atoms with Crippen molar-refractivity contribution in [1.82, 2.24) is 4.98 Å². The van der Waals surface area contributed by atoms with E-state index in [1.165, 1.54) is 12.8 Å². The predicted molar refractivity (Wildman–Crippen MR) is 90.5 cm³/mol. The van der Waals surface area contributed by atoms with Crippen molar-refractivity contribution in [2.45, 2.75) is 60.3 Å². The number of hydrogen-bond donors (Lipinski definition) is 0. The predicted octanol–water partition coefficient (Wildman–Crippen LogP) is 4.56. The summed E-state index contributed by atoms with van der Waals surface area (Å²) in [5.74, 6) is 0.988. The van der Waals surface area contributed by atoms with Crippen LogP contribution in [0.3, 0.4) is 0 Å². The van der Waals surface area contributed by atoms with Gasteiger partial charge in [-0.15, -0.1) is 0 Å². The van der Waals surface area contributed by atoms with Gasteiger partial charge in [0.15, 0.2) is 10.9 Å². The van der Waals surface area contributed by atoms with Crippen LogP contribution in [-0.4, -0.2) is 23.9 Å². The van der Waals surface area contributed by atoms with Gasteiger partial charge in [-0.1, -0.05) is 51.9 Å². The minimum atomic E-state index is 0.0574. The number of rotatable bonds is 6. The van der Waals surface area contributed by atoms with E-state index in [1.54, 1.807) is 11.3 Å². The molecule has 4 heteroatoms. The van der Waals surface area contributed by atoms with Gasteiger partial charge in [0.25, 0.3) is 0 Å². The Balaban J connectivity index is 2.23. The van der Waals surface area contributed by atoms with E-state index in [0.29, 0.717) is 12.3 Å². The van der Waals surface area contributed by atoms with Crippen LogP contribution in [-0.2, 0) is 6.42 Å². The molecule has 1 aromatic rings. The van der Waals surface area contributed by atoms with E-state index < -0.39 is 0 Å². The van der Waals surface area contributed by atoms with Crippen molar-refractivity contribution in [3.8, 4) is 0 Å². The van der Waals surface area contributed by atoms with Gasteiger partial charge in [-0.3, -0.25) is 4.79 Å². The summed E-state index contributed by atoms with van der Waals surface area (Å²) < 4.78 is 0. The van der Waals surface area contributed by atoms with Gasteiger partial charge < -0.3 is 4.90 Å². The normalized spacial score (nSPS) is 17.1. The highest BCUT2D eigenvalue weighted by Gasteiger charge is 2.34. The quantitative estimate of drug-likeness (QED) is 0.772. The molecule has 1 aromatic heterocycles. The number of nitrogens with zero attached hydrogens (tertiary/aromatic N) is 2. The lowest BCUT2D eigenvalue weighted by atomic mass is 9.78. The fourth-order valence-electron chi connectivity index (χ4n) is 3.04. The number of ketones is 1. The molecular formula is C17H28N2OS. The SMILES string of the molecule is CCC(CC)CN(CC)c1nc2c(s1)C(=O)CC(C)(C)C2. The Morgan fingerprint density at radius 3 is 2.48 bits per heavy atom. The summed E-state index contributed by atoms with van der Waals surface area (Å²) in [6, 6.07) is 0. The highest BCUT2D eigenvalue weighted by Crippen LogP contribution is 2.39. The van der Waals surface area contributed by atoms with Crippen molar-refractivity contribution >= 4 is 22.3 Å². The molecule has 1 aliphatic carbocycles. The smallest absolute Gasteiger partial charge is 0.186 e. The molecule has 2 rings (SSSR count). The first-order valence-corrected chi connectivity index (χ1v) is 8.99. The van der Waals surface area contributed by atoms with Crippen molar-refractivity contribution in [1.29, 1.82) is 0 Å². The van der Waals surface area contributed by atoms with Crippen LogP contribution in [0.5, 0.6) is 0 Å². The lowest BCUT2D eigenvalue weighted by Crippen LogP contribution is -2.29. The van der Waals surface area contributed by atoms with Crippen molar-refractivity contribution in [2.24, 2.45) is 11.3 Å². The van der Waals surface area contributed by atoms with Crippen LogP contribution in [0.25, 0.3) is 0 Å². The van der Waals surface area contributed by atoms with Gasteiger partial charge in [0.1, 0.15) is 0 Å². The number of thiazole rings is 1. The number of aromatic nitrogens is 1. The van der Waals surface area contributed by atoms with Crippen molar-refractivity contribution in [3.05, 3.63) is 10.6 Å². The van der Waals surface area contributed by atoms with E-state index >= 15 is 0 Å². The summed E-state index contributed by atoms with van der Waals surface area (Å²) >= 11 is 1.61. The Labute approximate surface area is 132 Å². The van der Waals surface area contributed by atoms with E-state index in [4.69, 9.17) is 4.98 Å². The van der Waals surface area contributed by atoms with Gasteiger partial charge in [-0.05, 0) is 24.7 Å². The maximum atomic E-state index is 12.3. The van der Waals surface area contributed by atoms with Crippen LogP contribution >= 0.6 is 11.3 Å². The van der Waals surface area contributed by atoms with Crippen LogP contribution < -0.4 is 4.90 Å². The third kappa shape index (κ3) is 3.65. The molecule has 118 valence electrons. The van der Waals surface area contributed by atoms with Gasteiger partial charge in [-0.25, -0.2) is 4.98 Å². The first kappa shape index (κ1) is 16.5. The molecule has 0 unspecified atom stereocenters. The molecule has 0 fully saturated rings. The lowest BCUT2D eigenvalue weighted by molar-refractivity contribution is 0.0916. The molecule has 0 radical (unpaired) electrons. The van der Waals surface area contributed by atoms with Crippen LogP contribution in [0.4, 0.5) is 5.13 Å². The second-order valence-corrected chi connectivity index (χ2v) is 7.91. The summed E-state index contributed by atoms with van der Waals surface area (Å²) in [7, 11) is 0. The molecule has 1 heterocycles. The zero-order chi connectivity index (χ0) is 15.6. The Morgan fingerprint density at radius 2 is 1.90 bits per heavy atom. The number of fused-ring (bicyclic) bond motifs is 1. The summed E-state index contributed by atoms with van der Waals surface area (Å²) in [4.78, 5) is 20.4. The van der Waals surface area contributed by atoms with Gasteiger partial charge >= 0.3 is 0 Å². The topological polar surface area (TPSA) is 33.2 Å². The third-order valence-corrected chi connectivity index (χ3v) is 5.71. The molecule has 3 nitrogen and oxygen atoms in total. The average molecular weight is 308 g/mol. The zero-order valence-corrected chi connectivity index (χ0v) is 14.8. The van der Waals surface area contributed by atoms with Crippen molar-refractivity contribution in [3.63, 3.8) is 0 Å². The second-order valence-electron chi connectivity index (χ2n) is 6.93. The standard InChI is InChI=1S/C17H28N2OS/c1-6-12(7-2)11-19(8-3)16-18-13-9-17(4,5)10-14(20)15(13)21-16/h12H,6-11H2,1-5H3. The molecule has 0 atom stereocenters. The number of carbonyl (C=O) groups excluding carboxylic acids is 1. The van der Waals surface area contributed by atoms with Gasteiger partial charge in [0, 0.05) is 19.5 Å². The average Bonchev–Trinajstić information content (AvgIpc) is 2.82. The first-order valence-electron chi connectivity index (χ1n) is 8.18. The summed E-state index contributed by atoms with van der Waals surface area (Å²) in [5, 5.41) is 1.04. The summed E-state index contributed by atoms with van der Waals surface area (Å²) in [5.41, 5.74) is 1.08. The molecule has 0 saturated heterocycles. The Bertz CT molecular complexity index is 503. The number of carbonyl (C=O) groups is 1. The lowest BCUT2D eigenvalue weighted by Gasteiger charge is -2.26. The molecule has 0 aliphatic heterocycles. The molecule has 0 bridgehead atoms. The monoisotopic (exact) mass is 308 g/mol. The van der Waals surface area contributed by atoms with E-state index in [0.717, 1.165) is 35.2 Å². The molecular weight excluding hydrogens is 280 g/mol. The van der Waals surface area contributed by atoms with Gasteiger partial charge in [-0.2, -0.15) is 0 Å². The van der Waals surface area contributed by atoms with Crippen LogP contribution in [0.15, 0.2) is 0 Å². The fourth-order valence-corrected chi connectivity index (χ4v) is 4.14. The van der Waals surface area contributed by atoms with E-state index in [-0.39, 0.29) is 11.2 Å². The number of anilines is 1. The zero-order valence-electron chi connectivity index (χ0n) is 14.0. The largest absolute Gasteiger partial charge is 0.348 e. The minimum absolute atomic E-state index is 0.0574. The minimum Gasteiger partial charge on any atom is -0.348 e. The number of Topliss-reactive ketones (excluding diaryl/α,β-unsaturated/α-hetero) is 1. The van der Waals surface area contributed by atoms with E-state index in [9.17, 15) is 4.79 Å². The van der Waals surface area contributed by atoms with Gasteiger partial charge in [0.05, 0.1) is 10.6 Å².